The second-order valence-electron chi connectivity index (χ2n) is 4.38. The third kappa shape index (κ3) is 4.23. The Morgan fingerprint density at radius 1 is 1.29 bits per heavy atom. The van der Waals surface area contributed by atoms with Crippen LogP contribution in [0.15, 0.2) is 35.7 Å². The molecule has 0 saturated heterocycles. The summed E-state index contributed by atoms with van der Waals surface area (Å²) in [6.45, 7) is 3.09. The largest absolute Gasteiger partial charge is 0.493 e. The Labute approximate surface area is 128 Å². The molecule has 0 saturated carbocycles. The molecule has 1 N–H and O–H groups in total. The fraction of sp³-hybridized carbons (Fsp3) is 0.312. The van der Waals surface area contributed by atoms with Gasteiger partial charge in [0.05, 0.1) is 13.7 Å². The highest BCUT2D eigenvalue weighted by molar-refractivity contribution is 7.09. The van der Waals surface area contributed by atoms with Crippen molar-refractivity contribution in [1.82, 2.24) is 5.32 Å². The van der Waals surface area contributed by atoms with E-state index in [1.165, 1.54) is 4.88 Å². The molecule has 0 atom stereocenters. The summed E-state index contributed by atoms with van der Waals surface area (Å²) >= 11 is 1.70. The molecule has 0 radical (unpaired) electrons. The average Bonchev–Trinajstić information content (AvgIpc) is 3.01. The topological polar surface area (TPSA) is 47.6 Å². The summed E-state index contributed by atoms with van der Waals surface area (Å²) in [7, 11) is 1.57. The van der Waals surface area contributed by atoms with Crippen LogP contribution in [0.5, 0.6) is 11.5 Å². The van der Waals surface area contributed by atoms with E-state index in [9.17, 15) is 4.79 Å². The Kier molecular flexibility index (Phi) is 5.63. The Morgan fingerprint density at radius 2 is 2.14 bits per heavy atom. The maximum atomic E-state index is 12.1. The number of carbonyl (C=O) groups is 1. The predicted molar refractivity (Wildman–Crippen MR) is 84.5 cm³/mol. The molecule has 1 amide bonds. The van der Waals surface area contributed by atoms with Crippen LogP contribution in [0.25, 0.3) is 0 Å². The summed E-state index contributed by atoms with van der Waals surface area (Å²) in [5.74, 6) is 1.12. The fourth-order valence-corrected chi connectivity index (χ4v) is 2.65. The first kappa shape index (κ1) is 15.4. The summed E-state index contributed by atoms with van der Waals surface area (Å²) < 4.78 is 10.7. The van der Waals surface area contributed by atoms with Gasteiger partial charge in [0, 0.05) is 17.0 Å². The minimum Gasteiger partial charge on any atom is -0.493 e. The number of hydrogen-bond donors (Lipinski definition) is 1. The van der Waals surface area contributed by atoms with Crippen molar-refractivity contribution < 1.29 is 14.3 Å². The summed E-state index contributed by atoms with van der Waals surface area (Å²) in [6, 6.07) is 9.28. The first-order valence-corrected chi connectivity index (χ1v) is 7.74. The van der Waals surface area contributed by atoms with Crippen molar-refractivity contribution >= 4 is 17.2 Å². The van der Waals surface area contributed by atoms with Crippen LogP contribution in [0.4, 0.5) is 0 Å². The van der Waals surface area contributed by atoms with Crippen molar-refractivity contribution in [3.05, 3.63) is 46.2 Å². The van der Waals surface area contributed by atoms with Crippen molar-refractivity contribution in [3.63, 3.8) is 0 Å². The van der Waals surface area contributed by atoms with Crippen molar-refractivity contribution in [2.75, 3.05) is 20.3 Å². The number of nitrogens with one attached hydrogen (secondary N) is 1. The third-order valence-electron chi connectivity index (χ3n) is 2.96. The average molecular weight is 305 g/mol. The lowest BCUT2D eigenvalue weighted by atomic mass is 10.2. The lowest BCUT2D eigenvalue weighted by molar-refractivity contribution is 0.0954. The number of carbonyl (C=O) groups excluding carboxylic acids is 1. The van der Waals surface area contributed by atoms with Crippen LogP contribution in [0, 0.1) is 0 Å². The molecule has 0 aliphatic rings. The van der Waals surface area contributed by atoms with E-state index in [1.54, 1.807) is 36.6 Å². The first-order valence-electron chi connectivity index (χ1n) is 6.86. The lowest BCUT2D eigenvalue weighted by Gasteiger charge is -2.11. The van der Waals surface area contributed by atoms with Crippen LogP contribution in [0.2, 0.25) is 0 Å². The highest BCUT2D eigenvalue weighted by atomic mass is 32.1. The zero-order chi connectivity index (χ0) is 15.1. The number of rotatable bonds is 7. The number of methoxy groups -OCH3 is 1. The summed E-state index contributed by atoms with van der Waals surface area (Å²) in [5, 5.41) is 4.95. The van der Waals surface area contributed by atoms with Gasteiger partial charge in [0.25, 0.3) is 5.91 Å². The number of benzene rings is 1. The van der Waals surface area contributed by atoms with Gasteiger partial charge in [-0.3, -0.25) is 4.79 Å². The summed E-state index contributed by atoms with van der Waals surface area (Å²) in [4.78, 5) is 13.4. The molecule has 0 fully saturated rings. The van der Waals surface area contributed by atoms with Crippen molar-refractivity contribution in [3.8, 4) is 11.5 Å². The maximum Gasteiger partial charge on any atom is 0.251 e. The molecule has 1 aromatic heterocycles. The molecule has 2 aromatic rings. The summed E-state index contributed by atoms with van der Waals surface area (Å²) in [6.07, 6.45) is 0.845. The lowest BCUT2D eigenvalue weighted by Crippen LogP contribution is -2.25. The van der Waals surface area contributed by atoms with E-state index < -0.39 is 0 Å². The molecule has 1 aromatic carbocycles. The SMILES string of the molecule is CCOc1ccc(C(=O)NCCc2cccs2)cc1OC. The maximum absolute atomic E-state index is 12.1. The molecular weight excluding hydrogens is 286 g/mol. The Hall–Kier alpha value is -2.01. The molecule has 0 aliphatic carbocycles. The molecule has 21 heavy (non-hydrogen) atoms. The van der Waals surface area contributed by atoms with Gasteiger partial charge in [-0.25, -0.2) is 0 Å². The van der Waals surface area contributed by atoms with Crippen LogP contribution >= 0.6 is 11.3 Å². The molecule has 4 nitrogen and oxygen atoms in total. The monoisotopic (exact) mass is 305 g/mol. The first-order chi connectivity index (χ1) is 10.2. The van der Waals surface area contributed by atoms with E-state index in [0.29, 0.717) is 30.2 Å². The van der Waals surface area contributed by atoms with Crippen LogP contribution in [-0.4, -0.2) is 26.2 Å². The minimum absolute atomic E-state index is 0.104. The standard InChI is InChI=1S/C16H19NO3S/c1-3-20-14-7-6-12(11-15(14)19-2)16(18)17-9-8-13-5-4-10-21-13/h4-7,10-11H,3,8-9H2,1-2H3,(H,17,18). The van der Waals surface area contributed by atoms with Gasteiger partial charge >= 0.3 is 0 Å². The van der Waals surface area contributed by atoms with Crippen LogP contribution in [-0.2, 0) is 6.42 Å². The zero-order valence-electron chi connectivity index (χ0n) is 12.2. The highest BCUT2D eigenvalue weighted by Gasteiger charge is 2.10. The van der Waals surface area contributed by atoms with Crippen LogP contribution in [0.3, 0.4) is 0 Å². The van der Waals surface area contributed by atoms with Crippen molar-refractivity contribution in [2.45, 2.75) is 13.3 Å². The van der Waals surface area contributed by atoms with E-state index in [-0.39, 0.29) is 5.91 Å². The minimum atomic E-state index is -0.104. The van der Waals surface area contributed by atoms with Gasteiger partial charge in [0.1, 0.15) is 0 Å². The Balaban J connectivity index is 1.95. The van der Waals surface area contributed by atoms with Crippen LogP contribution < -0.4 is 14.8 Å². The van der Waals surface area contributed by atoms with Crippen LogP contribution in [0.1, 0.15) is 22.2 Å². The Bertz CT molecular complexity index is 581. The van der Waals surface area contributed by atoms with Gasteiger partial charge in [0.2, 0.25) is 0 Å². The molecule has 0 unspecified atom stereocenters. The molecule has 0 aliphatic heterocycles. The molecule has 5 heteroatoms. The van der Waals surface area contributed by atoms with Gasteiger partial charge in [-0.2, -0.15) is 0 Å². The Morgan fingerprint density at radius 3 is 2.81 bits per heavy atom. The second-order valence-corrected chi connectivity index (χ2v) is 5.42. The molecule has 0 bridgehead atoms. The summed E-state index contributed by atoms with van der Waals surface area (Å²) in [5.41, 5.74) is 0.571. The fourth-order valence-electron chi connectivity index (χ4n) is 1.94. The van der Waals surface area contributed by atoms with E-state index in [0.717, 1.165) is 6.42 Å². The van der Waals surface area contributed by atoms with E-state index in [1.807, 2.05) is 18.4 Å². The van der Waals surface area contributed by atoms with Crippen molar-refractivity contribution in [2.24, 2.45) is 0 Å². The predicted octanol–water partition coefficient (Wildman–Crippen LogP) is 3.13. The van der Waals surface area contributed by atoms with Gasteiger partial charge < -0.3 is 14.8 Å². The smallest absolute Gasteiger partial charge is 0.251 e. The molecular formula is C16H19NO3S. The molecule has 2 rings (SSSR count). The number of ether oxygens (including phenoxy) is 2. The van der Waals surface area contributed by atoms with Gasteiger partial charge in [-0.15, -0.1) is 11.3 Å². The van der Waals surface area contributed by atoms with E-state index in [4.69, 9.17) is 9.47 Å². The zero-order valence-corrected chi connectivity index (χ0v) is 13.0. The third-order valence-corrected chi connectivity index (χ3v) is 3.90. The molecule has 0 spiro atoms. The second kappa shape index (κ2) is 7.69. The van der Waals surface area contributed by atoms with E-state index >= 15 is 0 Å². The molecule has 112 valence electrons. The normalized spacial score (nSPS) is 10.2. The number of thiophene rings is 1. The van der Waals surface area contributed by atoms with Gasteiger partial charge in [0.15, 0.2) is 11.5 Å². The quantitative estimate of drug-likeness (QED) is 0.855. The number of amides is 1. The number of hydrogen-bond acceptors (Lipinski definition) is 4. The molecule has 1 heterocycles. The highest BCUT2D eigenvalue weighted by Crippen LogP contribution is 2.27. The van der Waals surface area contributed by atoms with E-state index in [2.05, 4.69) is 11.4 Å². The van der Waals surface area contributed by atoms with Gasteiger partial charge in [-0.1, -0.05) is 6.07 Å². The van der Waals surface area contributed by atoms with Crippen molar-refractivity contribution in [1.29, 1.82) is 0 Å². The van der Waals surface area contributed by atoms with Gasteiger partial charge in [-0.05, 0) is 43.0 Å².